The number of halogens is 1. The molecular weight excluding hydrogens is 334 g/mol. The van der Waals surface area contributed by atoms with Crippen molar-refractivity contribution in [3.05, 3.63) is 28.7 Å². The topological polar surface area (TPSA) is 55.8 Å². The van der Waals surface area contributed by atoms with Crippen molar-refractivity contribution < 1.29 is 9.90 Å². The van der Waals surface area contributed by atoms with Gasteiger partial charge < -0.3 is 10.4 Å². The minimum atomic E-state index is 0.0173. The summed E-state index contributed by atoms with van der Waals surface area (Å²) in [6, 6.07) is 7.61. The molecule has 2 rings (SSSR count). The Balaban J connectivity index is 1.80. The first-order valence-electron chi connectivity index (χ1n) is 7.28. The minimum absolute atomic E-state index is 0.0173. The SMILES string of the molecule is O=C(CN1CCCN(CCO)CC1)Nc1cccc(Br)c1. The lowest BCUT2D eigenvalue weighted by Gasteiger charge is -2.20. The molecule has 21 heavy (non-hydrogen) atoms. The summed E-state index contributed by atoms with van der Waals surface area (Å²) in [7, 11) is 0. The van der Waals surface area contributed by atoms with E-state index in [9.17, 15) is 4.79 Å². The van der Waals surface area contributed by atoms with Gasteiger partial charge in [-0.25, -0.2) is 0 Å². The van der Waals surface area contributed by atoms with E-state index in [2.05, 4.69) is 31.0 Å². The fourth-order valence-electron chi connectivity index (χ4n) is 2.52. The molecule has 1 heterocycles. The van der Waals surface area contributed by atoms with Crippen LogP contribution in [0.1, 0.15) is 6.42 Å². The number of hydrogen-bond donors (Lipinski definition) is 2. The molecule has 1 aliphatic heterocycles. The van der Waals surface area contributed by atoms with E-state index in [1.807, 2.05) is 24.3 Å². The zero-order valence-electron chi connectivity index (χ0n) is 12.1. The van der Waals surface area contributed by atoms with Gasteiger partial charge >= 0.3 is 0 Å². The Morgan fingerprint density at radius 3 is 2.76 bits per heavy atom. The summed E-state index contributed by atoms with van der Waals surface area (Å²) in [4.78, 5) is 16.5. The first-order chi connectivity index (χ1) is 10.2. The fraction of sp³-hybridized carbons (Fsp3) is 0.533. The van der Waals surface area contributed by atoms with E-state index in [-0.39, 0.29) is 12.5 Å². The largest absolute Gasteiger partial charge is 0.395 e. The first kappa shape index (κ1) is 16.4. The molecule has 116 valence electrons. The van der Waals surface area contributed by atoms with Crippen LogP contribution in [0.5, 0.6) is 0 Å². The lowest BCUT2D eigenvalue weighted by atomic mass is 10.3. The minimum Gasteiger partial charge on any atom is -0.395 e. The predicted octanol–water partition coefficient (Wildman–Crippen LogP) is 1.39. The van der Waals surface area contributed by atoms with Crippen LogP contribution in [0.2, 0.25) is 0 Å². The number of amides is 1. The van der Waals surface area contributed by atoms with Crippen LogP contribution in [0.3, 0.4) is 0 Å². The number of benzene rings is 1. The highest BCUT2D eigenvalue weighted by Crippen LogP contribution is 2.15. The van der Waals surface area contributed by atoms with Crippen LogP contribution in [0, 0.1) is 0 Å². The smallest absolute Gasteiger partial charge is 0.238 e. The molecule has 0 unspecified atom stereocenters. The number of nitrogens with zero attached hydrogens (tertiary/aromatic N) is 2. The van der Waals surface area contributed by atoms with Crippen molar-refractivity contribution in [2.45, 2.75) is 6.42 Å². The van der Waals surface area contributed by atoms with Crippen LogP contribution in [-0.4, -0.2) is 66.7 Å². The molecule has 1 amide bonds. The average Bonchev–Trinajstić information content (AvgIpc) is 2.65. The highest BCUT2D eigenvalue weighted by atomic mass is 79.9. The van der Waals surface area contributed by atoms with Crippen molar-refractivity contribution in [2.24, 2.45) is 0 Å². The van der Waals surface area contributed by atoms with Gasteiger partial charge in [-0.3, -0.25) is 14.6 Å². The van der Waals surface area contributed by atoms with Crippen molar-refractivity contribution in [1.29, 1.82) is 0 Å². The number of carbonyl (C=O) groups is 1. The molecule has 6 heteroatoms. The van der Waals surface area contributed by atoms with Crippen molar-refractivity contribution in [3.63, 3.8) is 0 Å². The van der Waals surface area contributed by atoms with Crippen LogP contribution >= 0.6 is 15.9 Å². The number of carbonyl (C=O) groups excluding carboxylic acids is 1. The summed E-state index contributed by atoms with van der Waals surface area (Å²) < 4.78 is 0.953. The van der Waals surface area contributed by atoms with E-state index in [0.717, 1.165) is 49.3 Å². The second kappa shape index (κ2) is 8.48. The standard InChI is InChI=1S/C15H22BrN3O2/c16-13-3-1-4-14(11-13)17-15(21)12-19-6-2-5-18(7-8-19)9-10-20/h1,3-4,11,20H,2,5-10,12H2,(H,17,21). The third kappa shape index (κ3) is 5.74. The molecule has 0 aromatic heterocycles. The Morgan fingerprint density at radius 2 is 2.00 bits per heavy atom. The van der Waals surface area contributed by atoms with Gasteiger partial charge in [0.1, 0.15) is 0 Å². The molecule has 0 spiro atoms. The molecule has 1 aromatic rings. The predicted molar refractivity (Wildman–Crippen MR) is 87.4 cm³/mol. The van der Waals surface area contributed by atoms with E-state index in [0.29, 0.717) is 6.54 Å². The zero-order valence-corrected chi connectivity index (χ0v) is 13.7. The van der Waals surface area contributed by atoms with Crippen molar-refractivity contribution in [3.8, 4) is 0 Å². The van der Waals surface area contributed by atoms with Crippen molar-refractivity contribution in [2.75, 3.05) is 51.2 Å². The molecular formula is C15H22BrN3O2. The number of aliphatic hydroxyl groups excluding tert-OH is 1. The van der Waals surface area contributed by atoms with E-state index >= 15 is 0 Å². The number of hydrogen-bond acceptors (Lipinski definition) is 4. The molecule has 1 fully saturated rings. The lowest BCUT2D eigenvalue weighted by Crippen LogP contribution is -2.36. The quantitative estimate of drug-likeness (QED) is 0.837. The number of rotatable bonds is 5. The summed E-state index contributed by atoms with van der Waals surface area (Å²) in [5.41, 5.74) is 0.811. The maximum absolute atomic E-state index is 12.1. The summed E-state index contributed by atoms with van der Waals surface area (Å²) in [6.45, 7) is 5.02. The van der Waals surface area contributed by atoms with E-state index in [4.69, 9.17) is 5.11 Å². The van der Waals surface area contributed by atoms with Gasteiger partial charge in [-0.2, -0.15) is 0 Å². The maximum atomic E-state index is 12.1. The third-order valence-corrected chi connectivity index (χ3v) is 4.07. The Kier molecular flexibility index (Phi) is 6.63. The monoisotopic (exact) mass is 355 g/mol. The van der Waals surface area contributed by atoms with Gasteiger partial charge in [-0.05, 0) is 37.7 Å². The zero-order chi connectivity index (χ0) is 15.1. The van der Waals surface area contributed by atoms with Crippen LogP contribution in [0.25, 0.3) is 0 Å². The number of anilines is 1. The van der Waals surface area contributed by atoms with E-state index in [1.54, 1.807) is 0 Å². The molecule has 0 bridgehead atoms. The first-order valence-corrected chi connectivity index (χ1v) is 8.07. The van der Waals surface area contributed by atoms with Gasteiger partial charge in [-0.15, -0.1) is 0 Å². The Hall–Kier alpha value is -0.950. The van der Waals surface area contributed by atoms with Gasteiger partial charge in [0.2, 0.25) is 5.91 Å². The molecule has 1 aromatic carbocycles. The summed E-state index contributed by atoms with van der Waals surface area (Å²) in [6.07, 6.45) is 1.03. The third-order valence-electron chi connectivity index (χ3n) is 3.57. The lowest BCUT2D eigenvalue weighted by molar-refractivity contribution is -0.117. The van der Waals surface area contributed by atoms with Crippen LogP contribution in [0.15, 0.2) is 28.7 Å². The Labute approximate surface area is 134 Å². The highest BCUT2D eigenvalue weighted by Gasteiger charge is 2.16. The van der Waals surface area contributed by atoms with E-state index < -0.39 is 0 Å². The summed E-state index contributed by atoms with van der Waals surface area (Å²) in [5.74, 6) is 0.0173. The average molecular weight is 356 g/mol. The normalized spacial score (nSPS) is 17.4. The number of nitrogens with one attached hydrogen (secondary N) is 1. The second-order valence-corrected chi connectivity index (χ2v) is 6.17. The Bertz CT molecular complexity index is 470. The van der Waals surface area contributed by atoms with Crippen LogP contribution < -0.4 is 5.32 Å². The van der Waals surface area contributed by atoms with Crippen LogP contribution in [0.4, 0.5) is 5.69 Å². The molecule has 1 aliphatic rings. The molecule has 0 saturated carbocycles. The molecule has 5 nitrogen and oxygen atoms in total. The van der Waals surface area contributed by atoms with Crippen molar-refractivity contribution in [1.82, 2.24) is 9.80 Å². The van der Waals surface area contributed by atoms with Crippen molar-refractivity contribution >= 4 is 27.5 Å². The Morgan fingerprint density at radius 1 is 1.24 bits per heavy atom. The summed E-state index contributed by atoms with van der Waals surface area (Å²) >= 11 is 3.39. The fourth-order valence-corrected chi connectivity index (χ4v) is 2.92. The molecule has 0 aliphatic carbocycles. The number of β-amino-alcohol motifs (C(OH)–C–C–N with tert-alkyl or cyclic N) is 1. The molecule has 1 saturated heterocycles. The van der Waals surface area contributed by atoms with Gasteiger partial charge in [0.05, 0.1) is 13.2 Å². The van der Waals surface area contributed by atoms with Gasteiger partial charge in [0, 0.05) is 29.8 Å². The molecule has 2 N–H and O–H groups in total. The number of aliphatic hydroxyl groups is 1. The van der Waals surface area contributed by atoms with Gasteiger partial charge in [0.25, 0.3) is 0 Å². The molecule has 0 atom stereocenters. The van der Waals surface area contributed by atoms with Gasteiger partial charge in [0.15, 0.2) is 0 Å². The van der Waals surface area contributed by atoms with Crippen LogP contribution in [-0.2, 0) is 4.79 Å². The highest BCUT2D eigenvalue weighted by molar-refractivity contribution is 9.10. The maximum Gasteiger partial charge on any atom is 0.238 e. The molecule has 0 radical (unpaired) electrons. The van der Waals surface area contributed by atoms with Gasteiger partial charge in [-0.1, -0.05) is 22.0 Å². The summed E-state index contributed by atoms with van der Waals surface area (Å²) in [5, 5.41) is 11.9. The van der Waals surface area contributed by atoms with E-state index in [1.165, 1.54) is 0 Å². The second-order valence-electron chi connectivity index (χ2n) is 5.25.